The fourth-order valence-corrected chi connectivity index (χ4v) is 1.71. The van der Waals surface area contributed by atoms with Crippen LogP contribution < -0.4 is 4.74 Å². The summed E-state index contributed by atoms with van der Waals surface area (Å²) in [5.74, 6) is -0.130. The minimum atomic E-state index is -0.833. The van der Waals surface area contributed by atoms with Gasteiger partial charge in [-0.15, -0.1) is 0 Å². The Bertz CT molecular complexity index is 564. The molecule has 98 valence electrons. The number of pyridine rings is 1. The second kappa shape index (κ2) is 6.00. The van der Waals surface area contributed by atoms with E-state index >= 15 is 0 Å². The summed E-state index contributed by atoms with van der Waals surface area (Å²) in [7, 11) is 0. The van der Waals surface area contributed by atoms with E-state index in [2.05, 4.69) is 4.98 Å². The van der Waals surface area contributed by atoms with Gasteiger partial charge in [-0.1, -0.05) is 24.3 Å². The molecule has 0 atom stereocenters. The first-order valence-electron chi connectivity index (χ1n) is 5.98. The molecule has 4 heteroatoms. The summed E-state index contributed by atoms with van der Waals surface area (Å²) in [6.45, 7) is 2.32. The Morgan fingerprint density at radius 3 is 2.74 bits per heavy atom. The lowest BCUT2D eigenvalue weighted by atomic mass is 10.1. The van der Waals surface area contributed by atoms with Crippen LogP contribution in [-0.2, 0) is 17.8 Å². The summed E-state index contributed by atoms with van der Waals surface area (Å²) in [6.07, 6.45) is 1.70. The minimum absolute atomic E-state index is 0.0277. The van der Waals surface area contributed by atoms with Crippen LogP contribution in [-0.4, -0.2) is 16.1 Å². The molecule has 0 saturated heterocycles. The van der Waals surface area contributed by atoms with Crippen molar-refractivity contribution in [3.8, 4) is 5.75 Å². The van der Waals surface area contributed by atoms with Gasteiger partial charge in [0.2, 0.25) is 0 Å². The number of hydrogen-bond acceptors (Lipinski definition) is 3. The van der Waals surface area contributed by atoms with Crippen molar-refractivity contribution < 1.29 is 14.6 Å². The molecule has 2 aromatic rings. The molecule has 19 heavy (non-hydrogen) atoms. The average molecular weight is 257 g/mol. The standard InChI is InChI=1S/C15H15NO3/c1-11-5-6-14(9-16-11)19-10-13-4-2-3-12(7-13)8-15(17)18/h2-7,9H,8,10H2,1H3,(H,17,18). The highest BCUT2D eigenvalue weighted by molar-refractivity contribution is 5.70. The number of hydrogen-bond donors (Lipinski definition) is 1. The summed E-state index contributed by atoms with van der Waals surface area (Å²) in [6, 6.07) is 11.1. The van der Waals surface area contributed by atoms with E-state index in [4.69, 9.17) is 9.84 Å². The third-order valence-corrected chi connectivity index (χ3v) is 2.64. The second-order valence-electron chi connectivity index (χ2n) is 4.31. The van der Waals surface area contributed by atoms with Crippen molar-refractivity contribution in [1.82, 2.24) is 4.98 Å². The van der Waals surface area contributed by atoms with Gasteiger partial charge in [0.1, 0.15) is 12.4 Å². The van der Waals surface area contributed by atoms with Gasteiger partial charge >= 0.3 is 5.97 Å². The van der Waals surface area contributed by atoms with Crippen molar-refractivity contribution >= 4 is 5.97 Å². The molecule has 1 N–H and O–H groups in total. The number of nitrogens with zero attached hydrogens (tertiary/aromatic N) is 1. The van der Waals surface area contributed by atoms with Crippen molar-refractivity contribution in [2.45, 2.75) is 20.0 Å². The number of aryl methyl sites for hydroxylation is 1. The summed E-state index contributed by atoms with van der Waals surface area (Å²) in [5.41, 5.74) is 2.66. The fraction of sp³-hybridized carbons (Fsp3) is 0.200. The molecule has 0 unspecified atom stereocenters. The van der Waals surface area contributed by atoms with E-state index in [-0.39, 0.29) is 6.42 Å². The zero-order valence-corrected chi connectivity index (χ0v) is 10.7. The molecule has 1 aromatic heterocycles. The molecule has 0 amide bonds. The molecule has 0 aliphatic carbocycles. The van der Waals surface area contributed by atoms with E-state index in [1.807, 2.05) is 37.3 Å². The van der Waals surface area contributed by atoms with Crippen molar-refractivity contribution in [2.24, 2.45) is 0 Å². The number of aliphatic carboxylic acids is 1. The van der Waals surface area contributed by atoms with Crippen molar-refractivity contribution in [2.75, 3.05) is 0 Å². The van der Waals surface area contributed by atoms with Crippen LogP contribution in [0.4, 0.5) is 0 Å². The lowest BCUT2D eigenvalue weighted by Crippen LogP contribution is -2.02. The topological polar surface area (TPSA) is 59.4 Å². The minimum Gasteiger partial charge on any atom is -0.487 e. The Labute approximate surface area is 111 Å². The third-order valence-electron chi connectivity index (χ3n) is 2.64. The van der Waals surface area contributed by atoms with Crippen LogP contribution in [0.15, 0.2) is 42.6 Å². The van der Waals surface area contributed by atoms with Crippen LogP contribution in [0, 0.1) is 6.92 Å². The number of rotatable bonds is 5. The first-order valence-corrected chi connectivity index (χ1v) is 5.98. The zero-order chi connectivity index (χ0) is 13.7. The molecule has 1 aromatic carbocycles. The molecule has 0 bridgehead atoms. The van der Waals surface area contributed by atoms with Crippen LogP contribution >= 0.6 is 0 Å². The van der Waals surface area contributed by atoms with Crippen LogP contribution in [0.2, 0.25) is 0 Å². The molecule has 0 aliphatic heterocycles. The molecule has 1 heterocycles. The molecule has 0 radical (unpaired) electrons. The number of benzene rings is 1. The average Bonchev–Trinajstić information content (AvgIpc) is 2.38. The Kier molecular flexibility index (Phi) is 4.13. The summed E-state index contributed by atoms with van der Waals surface area (Å²) >= 11 is 0. The maximum Gasteiger partial charge on any atom is 0.307 e. The highest BCUT2D eigenvalue weighted by atomic mass is 16.5. The summed E-state index contributed by atoms with van der Waals surface area (Å²) in [4.78, 5) is 14.8. The smallest absolute Gasteiger partial charge is 0.307 e. The second-order valence-corrected chi connectivity index (χ2v) is 4.31. The molecule has 2 rings (SSSR count). The summed E-state index contributed by atoms with van der Waals surface area (Å²) in [5, 5.41) is 8.75. The van der Waals surface area contributed by atoms with Gasteiger partial charge in [-0.25, -0.2) is 0 Å². The number of carboxylic acids is 1. The van der Waals surface area contributed by atoms with Gasteiger partial charge in [0.05, 0.1) is 12.6 Å². The van der Waals surface area contributed by atoms with Gasteiger partial charge in [-0.2, -0.15) is 0 Å². The number of carboxylic acid groups (broad SMARTS) is 1. The quantitative estimate of drug-likeness (QED) is 0.894. The van der Waals surface area contributed by atoms with E-state index in [9.17, 15) is 4.79 Å². The van der Waals surface area contributed by atoms with Crippen molar-refractivity contribution in [3.63, 3.8) is 0 Å². The maximum absolute atomic E-state index is 10.7. The summed E-state index contributed by atoms with van der Waals surface area (Å²) < 4.78 is 5.60. The fourth-order valence-electron chi connectivity index (χ4n) is 1.71. The molecule has 0 spiro atoms. The molecule has 0 fully saturated rings. The molecule has 0 aliphatic rings. The number of ether oxygens (including phenoxy) is 1. The van der Waals surface area contributed by atoms with E-state index in [1.165, 1.54) is 0 Å². The lowest BCUT2D eigenvalue weighted by Gasteiger charge is -2.07. The van der Waals surface area contributed by atoms with Gasteiger partial charge in [-0.3, -0.25) is 9.78 Å². The highest BCUT2D eigenvalue weighted by Gasteiger charge is 2.02. The van der Waals surface area contributed by atoms with Crippen LogP contribution in [0.5, 0.6) is 5.75 Å². The third kappa shape index (κ3) is 4.10. The Morgan fingerprint density at radius 1 is 1.26 bits per heavy atom. The number of aromatic nitrogens is 1. The zero-order valence-electron chi connectivity index (χ0n) is 10.7. The maximum atomic E-state index is 10.7. The molecule has 0 saturated carbocycles. The predicted octanol–water partition coefficient (Wildman–Crippen LogP) is 2.60. The Balaban J connectivity index is 1.99. The van der Waals surface area contributed by atoms with Crippen LogP contribution in [0.3, 0.4) is 0 Å². The normalized spacial score (nSPS) is 10.2. The van der Waals surface area contributed by atoms with Crippen molar-refractivity contribution in [3.05, 3.63) is 59.4 Å². The van der Waals surface area contributed by atoms with E-state index in [0.29, 0.717) is 12.4 Å². The lowest BCUT2D eigenvalue weighted by molar-refractivity contribution is -0.136. The van der Waals surface area contributed by atoms with Gasteiger partial charge in [0.25, 0.3) is 0 Å². The molecular formula is C15H15NO3. The number of carbonyl (C=O) groups is 1. The van der Waals surface area contributed by atoms with Crippen molar-refractivity contribution in [1.29, 1.82) is 0 Å². The van der Waals surface area contributed by atoms with Gasteiger partial charge in [-0.05, 0) is 30.2 Å². The SMILES string of the molecule is Cc1ccc(OCc2cccc(CC(=O)O)c2)cn1. The van der Waals surface area contributed by atoms with E-state index < -0.39 is 5.97 Å². The predicted molar refractivity (Wildman–Crippen MR) is 71.1 cm³/mol. The first-order chi connectivity index (χ1) is 9.13. The van der Waals surface area contributed by atoms with E-state index in [0.717, 1.165) is 16.8 Å². The van der Waals surface area contributed by atoms with Gasteiger partial charge in [0.15, 0.2) is 0 Å². The monoisotopic (exact) mass is 257 g/mol. The highest BCUT2D eigenvalue weighted by Crippen LogP contribution is 2.13. The largest absolute Gasteiger partial charge is 0.487 e. The van der Waals surface area contributed by atoms with E-state index in [1.54, 1.807) is 12.3 Å². The van der Waals surface area contributed by atoms with Gasteiger partial charge in [0, 0.05) is 5.69 Å². The first kappa shape index (κ1) is 13.1. The Morgan fingerprint density at radius 2 is 2.05 bits per heavy atom. The molecular weight excluding hydrogens is 242 g/mol. The Hall–Kier alpha value is -2.36. The van der Waals surface area contributed by atoms with Crippen LogP contribution in [0.1, 0.15) is 16.8 Å². The van der Waals surface area contributed by atoms with Gasteiger partial charge < -0.3 is 9.84 Å². The van der Waals surface area contributed by atoms with Crippen LogP contribution in [0.25, 0.3) is 0 Å². The molecule has 4 nitrogen and oxygen atoms in total.